The first kappa shape index (κ1) is 23.8. The van der Waals surface area contributed by atoms with Crippen molar-refractivity contribution in [3.63, 3.8) is 0 Å². The number of nitrogens with one attached hydrogen (secondary N) is 1. The van der Waals surface area contributed by atoms with Gasteiger partial charge in [0.1, 0.15) is 17.1 Å². The van der Waals surface area contributed by atoms with E-state index in [4.69, 9.17) is 27.9 Å². The van der Waals surface area contributed by atoms with Crippen LogP contribution in [0, 0.1) is 17.7 Å². The summed E-state index contributed by atoms with van der Waals surface area (Å²) in [5, 5.41) is 1.96. The normalized spacial score (nSPS) is 12.6. The Hall–Kier alpha value is -2.43. The molecule has 0 bridgehead atoms. The van der Waals surface area contributed by atoms with Gasteiger partial charge in [0.25, 0.3) is 0 Å². The van der Waals surface area contributed by atoms with Crippen molar-refractivity contribution >= 4 is 29.3 Å². The van der Waals surface area contributed by atoms with Crippen LogP contribution in [0.25, 0.3) is 0 Å². The van der Waals surface area contributed by atoms with E-state index in [1.54, 1.807) is 20.8 Å². The molecule has 0 saturated heterocycles. The Morgan fingerprint density at radius 2 is 1.87 bits per heavy atom. The summed E-state index contributed by atoms with van der Waals surface area (Å²) in [5.74, 6) is 0.989. The first-order chi connectivity index (χ1) is 13.8. The van der Waals surface area contributed by atoms with E-state index in [9.17, 15) is 18.0 Å². The van der Waals surface area contributed by atoms with Crippen molar-refractivity contribution in [3.8, 4) is 11.8 Å². The van der Waals surface area contributed by atoms with Crippen LogP contribution in [0.1, 0.15) is 44.5 Å². The second kappa shape index (κ2) is 9.15. The topological polar surface area (TPSA) is 51.2 Å². The highest BCUT2D eigenvalue weighted by Gasteiger charge is 2.43. The largest absolute Gasteiger partial charge is 0.444 e. The number of hydrogen-bond acceptors (Lipinski definition) is 3. The quantitative estimate of drug-likeness (QED) is 0.579. The standard InChI is InChI=1S/C21H19Cl2F3N2O2/c1-12(28-19(29)30-20(2,3)4)21(25,26)18-16(23)9-13(11-27-18)5-6-14-7-8-15(22)10-17(14)24/h7-12H,1-4H3,(H,28,29). The van der Waals surface area contributed by atoms with E-state index in [0.29, 0.717) is 0 Å². The Morgan fingerprint density at radius 1 is 1.20 bits per heavy atom. The first-order valence-corrected chi connectivity index (χ1v) is 9.55. The summed E-state index contributed by atoms with van der Waals surface area (Å²) < 4.78 is 48.3. The van der Waals surface area contributed by atoms with Gasteiger partial charge in [-0.05, 0) is 52.0 Å². The fourth-order valence-electron chi connectivity index (χ4n) is 2.26. The van der Waals surface area contributed by atoms with Gasteiger partial charge in [0.05, 0.1) is 16.6 Å². The van der Waals surface area contributed by atoms with E-state index < -0.39 is 35.2 Å². The predicted molar refractivity (Wildman–Crippen MR) is 109 cm³/mol. The molecule has 30 heavy (non-hydrogen) atoms. The van der Waals surface area contributed by atoms with E-state index in [2.05, 4.69) is 22.1 Å². The molecule has 1 unspecified atom stereocenters. The lowest BCUT2D eigenvalue weighted by molar-refractivity contribution is -0.0447. The van der Waals surface area contributed by atoms with E-state index in [-0.39, 0.29) is 21.2 Å². The number of carbonyl (C=O) groups is 1. The van der Waals surface area contributed by atoms with Crippen molar-refractivity contribution in [2.75, 3.05) is 0 Å². The Labute approximate surface area is 182 Å². The van der Waals surface area contributed by atoms with Crippen molar-refractivity contribution in [2.24, 2.45) is 0 Å². The van der Waals surface area contributed by atoms with Crippen LogP contribution in [0.3, 0.4) is 0 Å². The number of carbonyl (C=O) groups excluding carboxylic acids is 1. The summed E-state index contributed by atoms with van der Waals surface area (Å²) in [4.78, 5) is 15.5. The Balaban J connectivity index is 2.21. The monoisotopic (exact) mass is 458 g/mol. The summed E-state index contributed by atoms with van der Waals surface area (Å²) in [6.45, 7) is 5.95. The number of halogens is 5. The molecule has 1 amide bonds. The van der Waals surface area contributed by atoms with E-state index in [1.165, 1.54) is 18.2 Å². The highest BCUT2D eigenvalue weighted by Crippen LogP contribution is 2.35. The molecule has 2 rings (SSSR count). The van der Waals surface area contributed by atoms with Gasteiger partial charge in [-0.1, -0.05) is 35.0 Å². The van der Waals surface area contributed by atoms with Gasteiger partial charge in [-0.15, -0.1) is 0 Å². The fourth-order valence-corrected chi connectivity index (χ4v) is 2.71. The van der Waals surface area contributed by atoms with Crippen molar-refractivity contribution < 1.29 is 22.7 Å². The van der Waals surface area contributed by atoms with Crippen LogP contribution < -0.4 is 5.32 Å². The second-order valence-corrected chi connectivity index (χ2v) is 8.26. The molecule has 9 heteroatoms. The van der Waals surface area contributed by atoms with Crippen LogP contribution in [0.4, 0.5) is 18.0 Å². The molecule has 0 aliphatic rings. The van der Waals surface area contributed by atoms with Gasteiger partial charge in [-0.2, -0.15) is 8.78 Å². The smallest absolute Gasteiger partial charge is 0.408 e. The molecule has 1 aromatic carbocycles. The molecule has 0 aliphatic carbocycles. The van der Waals surface area contributed by atoms with Crippen LogP contribution in [-0.4, -0.2) is 22.7 Å². The van der Waals surface area contributed by atoms with Gasteiger partial charge in [0.15, 0.2) is 0 Å². The Bertz CT molecular complexity index is 1010. The minimum absolute atomic E-state index is 0.0834. The minimum atomic E-state index is -3.58. The maximum Gasteiger partial charge on any atom is 0.408 e. The van der Waals surface area contributed by atoms with Gasteiger partial charge in [-0.3, -0.25) is 4.98 Å². The average Bonchev–Trinajstić information content (AvgIpc) is 2.59. The lowest BCUT2D eigenvalue weighted by atomic mass is 10.1. The third-order valence-electron chi connectivity index (χ3n) is 3.71. The summed E-state index contributed by atoms with van der Waals surface area (Å²) in [6, 6.07) is 3.53. The van der Waals surface area contributed by atoms with Crippen molar-refractivity contribution in [1.82, 2.24) is 10.3 Å². The Kier molecular flexibility index (Phi) is 7.27. The van der Waals surface area contributed by atoms with Gasteiger partial charge < -0.3 is 10.1 Å². The molecule has 0 spiro atoms. The number of pyridine rings is 1. The van der Waals surface area contributed by atoms with Gasteiger partial charge >= 0.3 is 12.0 Å². The van der Waals surface area contributed by atoms with Gasteiger partial charge in [0.2, 0.25) is 0 Å². The predicted octanol–water partition coefficient (Wildman–Crippen LogP) is 5.93. The van der Waals surface area contributed by atoms with Crippen molar-refractivity contribution in [3.05, 3.63) is 63.1 Å². The number of nitrogens with zero attached hydrogens (tertiary/aromatic N) is 1. The highest BCUT2D eigenvalue weighted by molar-refractivity contribution is 6.31. The summed E-state index contributed by atoms with van der Waals surface area (Å²) in [7, 11) is 0. The number of alkyl halides is 2. The first-order valence-electron chi connectivity index (χ1n) is 8.80. The van der Waals surface area contributed by atoms with Crippen LogP contribution in [0.15, 0.2) is 30.5 Å². The average molecular weight is 459 g/mol. The van der Waals surface area contributed by atoms with Crippen LogP contribution in [-0.2, 0) is 10.7 Å². The number of rotatable bonds is 3. The van der Waals surface area contributed by atoms with Gasteiger partial charge in [-0.25, -0.2) is 9.18 Å². The van der Waals surface area contributed by atoms with Crippen LogP contribution in [0.5, 0.6) is 0 Å². The highest BCUT2D eigenvalue weighted by atomic mass is 35.5. The number of benzene rings is 1. The second-order valence-electron chi connectivity index (χ2n) is 7.42. The molecule has 160 valence electrons. The number of alkyl carbamates (subject to hydrolysis) is 1. The summed E-state index contributed by atoms with van der Waals surface area (Å²) in [5.41, 5.74) is -1.27. The maximum atomic E-state index is 14.8. The maximum absolute atomic E-state index is 14.8. The molecule has 0 aliphatic heterocycles. The number of aromatic nitrogens is 1. The third-order valence-corrected chi connectivity index (χ3v) is 4.23. The number of ether oxygens (including phenoxy) is 1. The van der Waals surface area contributed by atoms with E-state index in [1.807, 2.05) is 0 Å². The molecule has 1 atom stereocenters. The lowest BCUT2D eigenvalue weighted by Gasteiger charge is -2.26. The van der Waals surface area contributed by atoms with Crippen molar-refractivity contribution in [2.45, 2.75) is 45.3 Å². The fraction of sp³-hybridized carbons (Fsp3) is 0.333. The molecule has 2 aromatic rings. The zero-order chi connectivity index (χ0) is 22.7. The van der Waals surface area contributed by atoms with Crippen LogP contribution in [0.2, 0.25) is 10.0 Å². The third kappa shape index (κ3) is 6.28. The zero-order valence-corrected chi connectivity index (χ0v) is 18.1. The molecule has 0 radical (unpaired) electrons. The molecule has 0 fully saturated rings. The Morgan fingerprint density at radius 3 is 2.43 bits per heavy atom. The summed E-state index contributed by atoms with van der Waals surface area (Å²) in [6.07, 6.45) is 0.106. The molecule has 0 saturated carbocycles. The van der Waals surface area contributed by atoms with E-state index >= 15 is 0 Å². The minimum Gasteiger partial charge on any atom is -0.444 e. The SMILES string of the molecule is CC(NC(=O)OC(C)(C)C)C(F)(F)c1ncc(C#Cc2ccc(Cl)cc2F)cc1Cl. The van der Waals surface area contributed by atoms with Crippen LogP contribution >= 0.6 is 23.2 Å². The lowest BCUT2D eigenvalue weighted by Crippen LogP contribution is -2.46. The zero-order valence-electron chi connectivity index (χ0n) is 16.6. The molecular weight excluding hydrogens is 440 g/mol. The van der Waals surface area contributed by atoms with Gasteiger partial charge in [0, 0.05) is 16.8 Å². The molecular formula is C21H19Cl2F3N2O2. The molecule has 1 heterocycles. The van der Waals surface area contributed by atoms with E-state index in [0.717, 1.165) is 19.2 Å². The number of amides is 1. The number of hydrogen-bond donors (Lipinski definition) is 1. The summed E-state index contributed by atoms with van der Waals surface area (Å²) >= 11 is 11.7. The van der Waals surface area contributed by atoms with Crippen molar-refractivity contribution in [1.29, 1.82) is 0 Å². The molecule has 4 nitrogen and oxygen atoms in total. The molecule has 1 N–H and O–H groups in total. The molecule has 1 aromatic heterocycles.